The number of aryl methyl sites for hydroxylation is 2. The monoisotopic (exact) mass is 385 g/mol. The summed E-state index contributed by atoms with van der Waals surface area (Å²) in [6.07, 6.45) is 3.19. The molecule has 0 unspecified atom stereocenters. The van der Waals surface area contributed by atoms with Gasteiger partial charge in [0.05, 0.1) is 17.1 Å². The largest absolute Gasteiger partial charge is 0.336 e. The summed E-state index contributed by atoms with van der Waals surface area (Å²) in [6, 6.07) is 4.07. The van der Waals surface area contributed by atoms with E-state index in [1.165, 1.54) is 5.56 Å². The van der Waals surface area contributed by atoms with Crippen molar-refractivity contribution in [2.24, 2.45) is 5.41 Å². The number of nitrogens with one attached hydrogen (secondary N) is 1. The van der Waals surface area contributed by atoms with Crippen LogP contribution in [0.5, 0.6) is 0 Å². The standard InChI is InChI=1S/C20H27N5O.C2H6.H2/c1-13-18(24-17(26)11-20(3,4)5)14(2)23-19(22-13)25-10-8-16-15(12-25)7-6-9-21-16;1-2;/h6-7,9H,8,10-12H2,1-5H3,(H,24,26);1-2H3;1H. The van der Waals surface area contributed by atoms with E-state index < -0.39 is 0 Å². The lowest BCUT2D eigenvalue weighted by Gasteiger charge is -2.29. The van der Waals surface area contributed by atoms with E-state index in [4.69, 9.17) is 0 Å². The number of amides is 1. The van der Waals surface area contributed by atoms with E-state index in [0.29, 0.717) is 12.4 Å². The van der Waals surface area contributed by atoms with Crippen LogP contribution < -0.4 is 10.2 Å². The van der Waals surface area contributed by atoms with E-state index >= 15 is 0 Å². The van der Waals surface area contributed by atoms with Gasteiger partial charge < -0.3 is 10.2 Å². The maximum Gasteiger partial charge on any atom is 0.226 e. The Bertz CT molecular complexity index is 809. The number of aromatic nitrogens is 3. The van der Waals surface area contributed by atoms with Crippen LogP contribution in [-0.4, -0.2) is 27.4 Å². The molecule has 154 valence electrons. The summed E-state index contributed by atoms with van der Waals surface area (Å²) in [5, 5.41) is 2.99. The van der Waals surface area contributed by atoms with E-state index in [1.54, 1.807) is 0 Å². The zero-order valence-corrected chi connectivity index (χ0v) is 18.3. The van der Waals surface area contributed by atoms with Crippen LogP contribution in [0, 0.1) is 19.3 Å². The molecule has 0 spiro atoms. The highest BCUT2D eigenvalue weighted by Crippen LogP contribution is 2.26. The summed E-state index contributed by atoms with van der Waals surface area (Å²) in [7, 11) is 0. The first-order chi connectivity index (χ1) is 13.2. The summed E-state index contributed by atoms with van der Waals surface area (Å²) in [6.45, 7) is 15.6. The van der Waals surface area contributed by atoms with Crippen molar-refractivity contribution in [3.05, 3.63) is 41.0 Å². The van der Waals surface area contributed by atoms with Gasteiger partial charge in [-0.25, -0.2) is 9.97 Å². The average Bonchev–Trinajstić information content (AvgIpc) is 2.64. The topological polar surface area (TPSA) is 71.0 Å². The minimum atomic E-state index is -0.0537. The van der Waals surface area contributed by atoms with Gasteiger partial charge in [-0.1, -0.05) is 40.7 Å². The molecular formula is C22H35N5O. The van der Waals surface area contributed by atoms with Gasteiger partial charge in [-0.2, -0.15) is 0 Å². The van der Waals surface area contributed by atoms with Crippen LogP contribution in [0.4, 0.5) is 11.6 Å². The third kappa shape index (κ3) is 5.50. The van der Waals surface area contributed by atoms with Crippen molar-refractivity contribution in [2.75, 3.05) is 16.8 Å². The molecule has 1 amide bonds. The quantitative estimate of drug-likeness (QED) is 0.829. The van der Waals surface area contributed by atoms with Crippen molar-refractivity contribution >= 4 is 17.5 Å². The van der Waals surface area contributed by atoms with Gasteiger partial charge in [-0.15, -0.1) is 0 Å². The van der Waals surface area contributed by atoms with E-state index in [0.717, 1.165) is 42.3 Å². The minimum absolute atomic E-state index is 0. The molecule has 0 atom stereocenters. The van der Waals surface area contributed by atoms with E-state index in [2.05, 4.69) is 52.0 Å². The lowest BCUT2D eigenvalue weighted by atomic mass is 9.92. The van der Waals surface area contributed by atoms with Crippen LogP contribution in [0.15, 0.2) is 18.3 Å². The van der Waals surface area contributed by atoms with Gasteiger partial charge in [-0.3, -0.25) is 9.78 Å². The van der Waals surface area contributed by atoms with Crippen LogP contribution in [0.3, 0.4) is 0 Å². The number of anilines is 2. The zero-order valence-electron chi connectivity index (χ0n) is 18.3. The second-order valence-corrected chi connectivity index (χ2v) is 8.14. The zero-order chi connectivity index (χ0) is 20.9. The molecular weight excluding hydrogens is 350 g/mol. The summed E-state index contributed by atoms with van der Waals surface area (Å²) < 4.78 is 0. The molecule has 0 radical (unpaired) electrons. The highest BCUT2D eigenvalue weighted by Gasteiger charge is 2.22. The molecule has 1 aliphatic heterocycles. The van der Waals surface area contributed by atoms with Gasteiger partial charge in [0.2, 0.25) is 11.9 Å². The molecule has 0 saturated heterocycles. The Morgan fingerprint density at radius 1 is 1.21 bits per heavy atom. The Morgan fingerprint density at radius 3 is 2.46 bits per heavy atom. The minimum Gasteiger partial charge on any atom is -0.336 e. The molecule has 0 aliphatic carbocycles. The average molecular weight is 386 g/mol. The van der Waals surface area contributed by atoms with Crippen molar-refractivity contribution in [1.29, 1.82) is 0 Å². The molecule has 2 aromatic heterocycles. The predicted molar refractivity (Wildman–Crippen MR) is 117 cm³/mol. The summed E-state index contributed by atoms with van der Waals surface area (Å²) in [5.41, 5.74) is 4.64. The lowest BCUT2D eigenvalue weighted by molar-refractivity contribution is -0.117. The number of hydrogen-bond acceptors (Lipinski definition) is 5. The number of nitrogens with zero attached hydrogens (tertiary/aromatic N) is 4. The van der Waals surface area contributed by atoms with Gasteiger partial charge >= 0.3 is 0 Å². The molecule has 3 heterocycles. The van der Waals surface area contributed by atoms with Gasteiger partial charge in [0.25, 0.3) is 0 Å². The Morgan fingerprint density at radius 2 is 1.86 bits per heavy atom. The van der Waals surface area contributed by atoms with E-state index in [9.17, 15) is 4.79 Å². The van der Waals surface area contributed by atoms with Crippen LogP contribution in [0.2, 0.25) is 0 Å². The fourth-order valence-corrected chi connectivity index (χ4v) is 3.22. The molecule has 6 nitrogen and oxygen atoms in total. The van der Waals surface area contributed by atoms with Gasteiger partial charge in [-0.05, 0) is 30.9 Å². The van der Waals surface area contributed by atoms with Crippen molar-refractivity contribution in [2.45, 2.75) is 67.9 Å². The molecule has 0 bridgehead atoms. The number of carbonyl (C=O) groups excluding carboxylic acids is 1. The van der Waals surface area contributed by atoms with Gasteiger partial charge in [0.15, 0.2) is 0 Å². The summed E-state index contributed by atoms with van der Waals surface area (Å²) in [4.78, 5) is 28.2. The molecule has 1 aliphatic rings. The molecule has 2 aromatic rings. The van der Waals surface area contributed by atoms with Gasteiger partial charge in [0, 0.05) is 39.2 Å². The highest BCUT2D eigenvalue weighted by molar-refractivity contribution is 5.92. The molecule has 0 aromatic carbocycles. The number of rotatable bonds is 3. The van der Waals surface area contributed by atoms with E-state index in [-0.39, 0.29) is 12.7 Å². The fraction of sp³-hybridized carbons (Fsp3) is 0.545. The Balaban J connectivity index is 0.00000136. The number of fused-ring (bicyclic) bond motifs is 1. The first-order valence-electron chi connectivity index (χ1n) is 10.1. The molecule has 1 N–H and O–H groups in total. The second kappa shape index (κ2) is 9.13. The van der Waals surface area contributed by atoms with Crippen LogP contribution >= 0.6 is 0 Å². The Kier molecular flexibility index (Phi) is 7.11. The van der Waals surface area contributed by atoms with Crippen molar-refractivity contribution < 1.29 is 6.22 Å². The van der Waals surface area contributed by atoms with Crippen molar-refractivity contribution in [3.8, 4) is 0 Å². The number of hydrogen-bond donors (Lipinski definition) is 1. The molecule has 28 heavy (non-hydrogen) atoms. The van der Waals surface area contributed by atoms with Crippen molar-refractivity contribution in [3.63, 3.8) is 0 Å². The molecule has 0 fully saturated rings. The Labute approximate surface area is 170 Å². The van der Waals surface area contributed by atoms with Gasteiger partial charge in [0.1, 0.15) is 0 Å². The first kappa shape index (κ1) is 21.8. The smallest absolute Gasteiger partial charge is 0.226 e. The molecule has 3 rings (SSSR count). The fourth-order valence-electron chi connectivity index (χ4n) is 3.22. The van der Waals surface area contributed by atoms with Crippen LogP contribution in [0.25, 0.3) is 0 Å². The second-order valence-electron chi connectivity index (χ2n) is 8.14. The maximum atomic E-state index is 12.3. The maximum absolute atomic E-state index is 12.3. The van der Waals surface area contributed by atoms with Crippen LogP contribution in [-0.2, 0) is 17.8 Å². The first-order valence-corrected chi connectivity index (χ1v) is 10.1. The molecule has 0 saturated carbocycles. The highest BCUT2D eigenvalue weighted by atomic mass is 16.1. The predicted octanol–water partition coefficient (Wildman–Crippen LogP) is 4.70. The SMILES string of the molecule is CC.Cc1nc(N2CCc3ncccc3C2)nc(C)c1NC(=O)CC(C)(C)C.[HH]. The normalized spacial score (nSPS) is 13.3. The number of carbonyl (C=O) groups is 1. The third-order valence-corrected chi connectivity index (χ3v) is 4.46. The Hall–Kier alpha value is -2.50. The number of pyridine rings is 1. The summed E-state index contributed by atoms with van der Waals surface area (Å²) >= 11 is 0. The molecule has 6 heteroatoms. The van der Waals surface area contributed by atoms with Crippen LogP contribution in [0.1, 0.15) is 65.1 Å². The van der Waals surface area contributed by atoms with Crippen molar-refractivity contribution in [1.82, 2.24) is 15.0 Å². The third-order valence-electron chi connectivity index (χ3n) is 4.46. The summed E-state index contributed by atoms with van der Waals surface area (Å²) in [5.74, 6) is 0.710. The lowest BCUT2D eigenvalue weighted by Crippen LogP contribution is -2.32. The van der Waals surface area contributed by atoms with E-state index in [1.807, 2.05) is 40.0 Å².